The van der Waals surface area contributed by atoms with Crippen molar-refractivity contribution in [2.45, 2.75) is 31.6 Å². The summed E-state index contributed by atoms with van der Waals surface area (Å²) in [6.45, 7) is 2.21. The van der Waals surface area contributed by atoms with Crippen LogP contribution in [0.3, 0.4) is 0 Å². The van der Waals surface area contributed by atoms with Crippen molar-refractivity contribution in [2.24, 2.45) is 0 Å². The van der Waals surface area contributed by atoms with Crippen molar-refractivity contribution >= 4 is 22.8 Å². The topological polar surface area (TPSA) is 81.9 Å². The van der Waals surface area contributed by atoms with Crippen LogP contribution in [0.5, 0.6) is 0 Å². The van der Waals surface area contributed by atoms with Crippen LogP contribution in [0.15, 0.2) is 54.6 Å². The first-order valence-corrected chi connectivity index (χ1v) is 10.5. The van der Waals surface area contributed by atoms with Gasteiger partial charge in [0.2, 0.25) is 5.91 Å². The van der Waals surface area contributed by atoms with Gasteiger partial charge in [-0.15, -0.1) is 0 Å². The largest absolute Gasteiger partial charge is 0.355 e. The number of nitrogens with zero attached hydrogens (tertiary/aromatic N) is 4. The van der Waals surface area contributed by atoms with Crippen LogP contribution in [0.1, 0.15) is 36.4 Å². The summed E-state index contributed by atoms with van der Waals surface area (Å²) in [5.41, 5.74) is 3.08. The summed E-state index contributed by atoms with van der Waals surface area (Å²) >= 11 is 0. The van der Waals surface area contributed by atoms with Crippen LogP contribution in [0.4, 0.5) is 5.82 Å². The summed E-state index contributed by atoms with van der Waals surface area (Å²) in [5.74, 6) is -0.649. The predicted octanol–water partition coefficient (Wildman–Crippen LogP) is 3.59. The highest BCUT2D eigenvalue weighted by Gasteiger charge is 2.29. The van der Waals surface area contributed by atoms with Crippen molar-refractivity contribution < 1.29 is 4.79 Å². The second-order valence-corrected chi connectivity index (χ2v) is 7.56. The van der Waals surface area contributed by atoms with E-state index in [-0.39, 0.29) is 5.91 Å². The number of fused-ring (bicyclic) bond motifs is 1. The summed E-state index contributed by atoms with van der Waals surface area (Å²) in [6, 6.07) is 19.7. The first-order chi connectivity index (χ1) is 14.8. The second-order valence-electron chi connectivity index (χ2n) is 7.56. The first-order valence-electron chi connectivity index (χ1n) is 10.5. The molecule has 1 aliphatic rings. The Morgan fingerprint density at radius 1 is 1.00 bits per heavy atom. The van der Waals surface area contributed by atoms with Crippen molar-refractivity contribution in [2.75, 3.05) is 24.5 Å². The SMILES string of the molecule is N#C[C@H](C(=O)NCCc1ccccc1)c1nc2ccccc2nc1N1CCCCC1. The van der Waals surface area contributed by atoms with Crippen LogP contribution in [0.25, 0.3) is 11.0 Å². The van der Waals surface area contributed by atoms with E-state index >= 15 is 0 Å². The molecule has 2 heterocycles. The molecule has 3 aromatic rings. The van der Waals surface area contributed by atoms with Crippen molar-refractivity contribution in [1.82, 2.24) is 15.3 Å². The number of carbonyl (C=O) groups excluding carboxylic acids is 1. The number of para-hydroxylation sites is 2. The third-order valence-electron chi connectivity index (χ3n) is 5.45. The van der Waals surface area contributed by atoms with E-state index < -0.39 is 5.92 Å². The van der Waals surface area contributed by atoms with Crippen molar-refractivity contribution in [3.63, 3.8) is 0 Å². The lowest BCUT2D eigenvalue weighted by Gasteiger charge is -2.29. The quantitative estimate of drug-likeness (QED) is 0.685. The molecule has 0 bridgehead atoms. The van der Waals surface area contributed by atoms with E-state index in [1.807, 2.05) is 54.6 Å². The predicted molar refractivity (Wildman–Crippen MR) is 117 cm³/mol. The van der Waals surface area contributed by atoms with Gasteiger partial charge in [-0.2, -0.15) is 5.26 Å². The van der Waals surface area contributed by atoms with E-state index in [0.717, 1.165) is 37.0 Å². The van der Waals surface area contributed by atoms with Crippen LogP contribution in [0.2, 0.25) is 0 Å². The lowest BCUT2D eigenvalue weighted by Crippen LogP contribution is -2.35. The molecule has 4 rings (SSSR count). The van der Waals surface area contributed by atoms with Gasteiger partial charge in [0.1, 0.15) is 5.69 Å². The number of benzene rings is 2. The van der Waals surface area contributed by atoms with E-state index in [1.54, 1.807) is 0 Å². The highest BCUT2D eigenvalue weighted by Crippen LogP contribution is 2.29. The average Bonchev–Trinajstić information content (AvgIpc) is 2.80. The number of hydrogen-bond donors (Lipinski definition) is 1. The number of aromatic nitrogens is 2. The molecule has 1 aromatic heterocycles. The zero-order valence-corrected chi connectivity index (χ0v) is 16.9. The Labute approximate surface area is 176 Å². The van der Waals surface area contributed by atoms with Gasteiger partial charge >= 0.3 is 0 Å². The van der Waals surface area contributed by atoms with Gasteiger partial charge in [0, 0.05) is 19.6 Å². The second kappa shape index (κ2) is 9.36. The summed E-state index contributed by atoms with van der Waals surface area (Å²) < 4.78 is 0. The third kappa shape index (κ3) is 4.41. The maximum atomic E-state index is 12.9. The Morgan fingerprint density at radius 3 is 2.37 bits per heavy atom. The summed E-state index contributed by atoms with van der Waals surface area (Å²) in [7, 11) is 0. The molecule has 0 unspecified atom stereocenters. The van der Waals surface area contributed by atoms with Gasteiger partial charge in [-0.1, -0.05) is 42.5 Å². The highest BCUT2D eigenvalue weighted by atomic mass is 16.1. The molecule has 6 heteroatoms. The van der Waals surface area contributed by atoms with E-state index in [9.17, 15) is 10.1 Å². The molecule has 1 atom stereocenters. The van der Waals surface area contributed by atoms with Crippen LogP contribution < -0.4 is 10.2 Å². The fourth-order valence-electron chi connectivity index (χ4n) is 3.86. The van der Waals surface area contributed by atoms with Crippen molar-refractivity contribution in [3.05, 3.63) is 65.9 Å². The number of amides is 1. The van der Waals surface area contributed by atoms with Crippen LogP contribution >= 0.6 is 0 Å². The van der Waals surface area contributed by atoms with E-state index in [0.29, 0.717) is 30.0 Å². The highest BCUT2D eigenvalue weighted by molar-refractivity contribution is 5.88. The molecule has 0 saturated carbocycles. The summed E-state index contributed by atoms with van der Waals surface area (Å²) in [4.78, 5) is 24.6. The Morgan fingerprint density at radius 2 is 1.67 bits per heavy atom. The number of piperidine rings is 1. The Kier molecular flexibility index (Phi) is 6.19. The number of nitriles is 1. The van der Waals surface area contributed by atoms with E-state index in [1.165, 1.54) is 6.42 Å². The molecule has 1 saturated heterocycles. The molecule has 152 valence electrons. The van der Waals surface area contributed by atoms with Gasteiger partial charge in [-0.3, -0.25) is 4.79 Å². The molecule has 1 amide bonds. The zero-order chi connectivity index (χ0) is 20.8. The molecule has 1 aliphatic heterocycles. The summed E-state index contributed by atoms with van der Waals surface area (Å²) in [6.07, 6.45) is 4.06. The normalized spacial score (nSPS) is 14.8. The van der Waals surface area contributed by atoms with Crippen LogP contribution in [-0.4, -0.2) is 35.5 Å². The molecule has 0 radical (unpaired) electrons. The Hall–Kier alpha value is -3.46. The number of carbonyl (C=O) groups is 1. The molecular weight excluding hydrogens is 374 g/mol. The molecule has 1 fully saturated rings. The molecule has 0 spiro atoms. The standard InChI is InChI=1S/C24H25N5O/c25-17-19(24(30)26-14-13-18-9-3-1-4-10-18)22-23(29-15-7-2-8-16-29)28-21-12-6-5-11-20(21)27-22/h1,3-6,9-12,19H,2,7-8,13-16H2,(H,26,30)/t19-/m0/s1. The minimum atomic E-state index is -0.991. The van der Waals surface area contributed by atoms with Crippen molar-refractivity contribution in [3.8, 4) is 6.07 Å². The number of hydrogen-bond acceptors (Lipinski definition) is 5. The van der Waals surface area contributed by atoms with Gasteiger partial charge < -0.3 is 10.2 Å². The van der Waals surface area contributed by atoms with Gasteiger partial charge in [-0.25, -0.2) is 9.97 Å². The minimum absolute atomic E-state index is 0.323. The lowest BCUT2D eigenvalue weighted by atomic mass is 10.0. The van der Waals surface area contributed by atoms with Crippen molar-refractivity contribution in [1.29, 1.82) is 5.26 Å². The lowest BCUT2D eigenvalue weighted by molar-refractivity contribution is -0.121. The maximum absolute atomic E-state index is 12.9. The molecule has 30 heavy (non-hydrogen) atoms. The summed E-state index contributed by atoms with van der Waals surface area (Å²) in [5, 5.41) is 12.8. The van der Waals surface area contributed by atoms with E-state index in [4.69, 9.17) is 9.97 Å². The molecular formula is C24H25N5O. The number of anilines is 1. The van der Waals surface area contributed by atoms with E-state index in [2.05, 4.69) is 16.3 Å². The fourth-order valence-corrected chi connectivity index (χ4v) is 3.86. The van der Waals surface area contributed by atoms with Gasteiger partial charge in [0.15, 0.2) is 11.7 Å². The van der Waals surface area contributed by atoms with Gasteiger partial charge in [0.25, 0.3) is 0 Å². The Bertz CT molecular complexity index is 1050. The molecule has 6 nitrogen and oxygen atoms in total. The zero-order valence-electron chi connectivity index (χ0n) is 16.9. The fraction of sp³-hybridized carbons (Fsp3) is 0.333. The smallest absolute Gasteiger partial charge is 0.243 e. The Balaban J connectivity index is 1.59. The third-order valence-corrected chi connectivity index (χ3v) is 5.45. The van der Waals surface area contributed by atoms with Gasteiger partial charge in [-0.05, 0) is 43.4 Å². The number of nitrogens with one attached hydrogen (secondary N) is 1. The van der Waals surface area contributed by atoms with Crippen LogP contribution in [0, 0.1) is 11.3 Å². The monoisotopic (exact) mass is 399 g/mol. The minimum Gasteiger partial charge on any atom is -0.355 e. The molecule has 0 aliphatic carbocycles. The maximum Gasteiger partial charge on any atom is 0.243 e. The molecule has 1 N–H and O–H groups in total. The van der Waals surface area contributed by atoms with Crippen LogP contribution in [-0.2, 0) is 11.2 Å². The first kappa shape index (κ1) is 19.8. The average molecular weight is 399 g/mol. The van der Waals surface area contributed by atoms with Gasteiger partial charge in [0.05, 0.1) is 17.1 Å². The number of rotatable bonds is 6. The molecule has 2 aromatic carbocycles.